The average Bonchev–Trinajstić information content (AvgIpc) is 2.67. The molecule has 0 unspecified atom stereocenters. The Morgan fingerprint density at radius 1 is 1.15 bits per heavy atom. The smallest absolute Gasteiger partial charge is 0.238 e. The van der Waals surface area contributed by atoms with Gasteiger partial charge < -0.3 is 10.2 Å². The number of thioether (sulfide) groups is 1. The van der Waals surface area contributed by atoms with Crippen LogP contribution in [0.3, 0.4) is 0 Å². The van der Waals surface area contributed by atoms with E-state index in [1.54, 1.807) is 0 Å². The van der Waals surface area contributed by atoms with Gasteiger partial charge in [-0.3, -0.25) is 9.69 Å². The summed E-state index contributed by atoms with van der Waals surface area (Å²) in [4.78, 5) is 17.6. The van der Waals surface area contributed by atoms with Gasteiger partial charge in [0.1, 0.15) is 0 Å². The summed E-state index contributed by atoms with van der Waals surface area (Å²) in [5.74, 6) is 0.309. The molecule has 1 amide bonds. The number of rotatable bonds is 9. The third-order valence-corrected chi connectivity index (χ3v) is 5.07. The zero-order valence-electron chi connectivity index (χ0n) is 16.1. The number of benzene rings is 2. The molecule has 0 aliphatic rings. The highest BCUT2D eigenvalue weighted by Crippen LogP contribution is 2.26. The van der Waals surface area contributed by atoms with Crippen LogP contribution in [-0.2, 0) is 11.3 Å². The second-order valence-electron chi connectivity index (χ2n) is 6.36. The maximum absolute atomic E-state index is 12.5. The van der Waals surface area contributed by atoms with Crippen molar-refractivity contribution in [1.82, 2.24) is 4.90 Å². The van der Waals surface area contributed by atoms with Crippen LogP contribution in [0.15, 0.2) is 53.4 Å². The quantitative estimate of drug-likeness (QED) is 0.668. The van der Waals surface area contributed by atoms with Gasteiger partial charge in [-0.2, -0.15) is 5.26 Å². The van der Waals surface area contributed by atoms with Crippen LogP contribution in [0.1, 0.15) is 12.5 Å². The topological polar surface area (TPSA) is 59.4 Å². The standard InChI is InChI=1S/C21H26N4OS/c1-4-25(15-17-9-11-18(12-10-17)24(2)3)16-21(26)23-19-7-5-6-8-20(19)27-14-13-22/h5-12H,4,14-16H2,1-3H3,(H,23,26). The molecule has 27 heavy (non-hydrogen) atoms. The minimum atomic E-state index is -0.0493. The van der Waals surface area contributed by atoms with Crippen molar-refractivity contribution < 1.29 is 4.79 Å². The van der Waals surface area contributed by atoms with Gasteiger partial charge in [0.2, 0.25) is 5.91 Å². The van der Waals surface area contributed by atoms with Gasteiger partial charge in [0.15, 0.2) is 0 Å². The van der Waals surface area contributed by atoms with Gasteiger partial charge in [0.25, 0.3) is 0 Å². The Kier molecular flexibility index (Phi) is 8.18. The van der Waals surface area contributed by atoms with Crippen LogP contribution in [0.4, 0.5) is 11.4 Å². The Hall–Kier alpha value is -2.49. The van der Waals surface area contributed by atoms with E-state index in [0.29, 0.717) is 12.3 Å². The molecule has 0 heterocycles. The predicted molar refractivity (Wildman–Crippen MR) is 113 cm³/mol. The van der Waals surface area contributed by atoms with Crippen molar-refractivity contribution in [3.05, 3.63) is 54.1 Å². The van der Waals surface area contributed by atoms with E-state index in [1.165, 1.54) is 17.3 Å². The second-order valence-corrected chi connectivity index (χ2v) is 7.37. The number of amides is 1. The molecule has 5 nitrogen and oxygen atoms in total. The van der Waals surface area contributed by atoms with Gasteiger partial charge in [-0.15, -0.1) is 11.8 Å². The fraction of sp³-hybridized carbons (Fsp3) is 0.333. The number of carbonyl (C=O) groups excluding carboxylic acids is 1. The molecule has 0 aliphatic heterocycles. The van der Waals surface area contributed by atoms with E-state index >= 15 is 0 Å². The Morgan fingerprint density at radius 2 is 1.85 bits per heavy atom. The zero-order chi connectivity index (χ0) is 19.6. The van der Waals surface area contributed by atoms with Gasteiger partial charge in [-0.1, -0.05) is 31.2 Å². The van der Waals surface area contributed by atoms with Crippen LogP contribution in [0.5, 0.6) is 0 Å². The van der Waals surface area contributed by atoms with Gasteiger partial charge in [0, 0.05) is 31.2 Å². The summed E-state index contributed by atoms with van der Waals surface area (Å²) in [6.45, 7) is 3.89. The number of hydrogen-bond acceptors (Lipinski definition) is 5. The van der Waals surface area contributed by atoms with Crippen LogP contribution >= 0.6 is 11.8 Å². The number of para-hydroxylation sites is 1. The Bertz CT molecular complexity index is 784. The van der Waals surface area contributed by atoms with Crippen LogP contribution in [0, 0.1) is 11.3 Å². The number of nitriles is 1. The number of likely N-dealkylation sites (N-methyl/N-ethyl adjacent to an activating group) is 1. The molecule has 2 aromatic carbocycles. The molecule has 6 heteroatoms. The summed E-state index contributed by atoms with van der Waals surface area (Å²) in [6.07, 6.45) is 0. The zero-order valence-corrected chi connectivity index (χ0v) is 16.9. The molecule has 0 saturated heterocycles. The van der Waals surface area contributed by atoms with E-state index in [1.807, 2.05) is 38.4 Å². The molecule has 0 spiro atoms. The predicted octanol–water partition coefficient (Wildman–Crippen LogP) is 3.83. The minimum Gasteiger partial charge on any atom is -0.378 e. The lowest BCUT2D eigenvalue weighted by atomic mass is 10.2. The molecule has 2 aromatic rings. The SMILES string of the molecule is CCN(CC(=O)Nc1ccccc1SCC#N)Cc1ccc(N(C)C)cc1. The largest absolute Gasteiger partial charge is 0.378 e. The van der Waals surface area contributed by atoms with Crippen molar-refractivity contribution >= 4 is 29.0 Å². The molecule has 142 valence electrons. The van der Waals surface area contributed by atoms with E-state index in [0.717, 1.165) is 29.4 Å². The molecular formula is C21H26N4OS. The van der Waals surface area contributed by atoms with Crippen molar-refractivity contribution in [2.75, 3.05) is 43.2 Å². The highest BCUT2D eigenvalue weighted by Gasteiger charge is 2.12. The maximum Gasteiger partial charge on any atom is 0.238 e. The van der Waals surface area contributed by atoms with Crippen molar-refractivity contribution in [2.24, 2.45) is 0 Å². The third kappa shape index (κ3) is 6.63. The average molecular weight is 383 g/mol. The molecule has 0 saturated carbocycles. The van der Waals surface area contributed by atoms with Gasteiger partial charge in [-0.25, -0.2) is 0 Å². The number of carbonyl (C=O) groups is 1. The molecule has 0 bridgehead atoms. The van der Waals surface area contributed by atoms with Crippen LogP contribution in [0.2, 0.25) is 0 Å². The van der Waals surface area contributed by atoms with Crippen LogP contribution < -0.4 is 10.2 Å². The first-order chi connectivity index (χ1) is 13.0. The highest BCUT2D eigenvalue weighted by molar-refractivity contribution is 7.99. The van der Waals surface area contributed by atoms with Gasteiger partial charge in [0.05, 0.1) is 24.1 Å². The summed E-state index contributed by atoms with van der Waals surface area (Å²) in [5.41, 5.74) is 3.10. The molecule has 0 fully saturated rings. The summed E-state index contributed by atoms with van der Waals surface area (Å²) >= 11 is 1.43. The minimum absolute atomic E-state index is 0.0493. The van der Waals surface area contributed by atoms with Crippen molar-refractivity contribution in [1.29, 1.82) is 5.26 Å². The molecule has 0 atom stereocenters. The Balaban J connectivity index is 1.96. The fourth-order valence-corrected chi connectivity index (χ4v) is 3.31. The molecule has 1 N–H and O–H groups in total. The summed E-state index contributed by atoms with van der Waals surface area (Å²) in [6, 6.07) is 18.1. The number of nitrogens with zero attached hydrogens (tertiary/aromatic N) is 3. The van der Waals surface area contributed by atoms with E-state index < -0.39 is 0 Å². The molecule has 0 aromatic heterocycles. The van der Waals surface area contributed by atoms with E-state index in [-0.39, 0.29) is 5.91 Å². The Morgan fingerprint density at radius 3 is 2.48 bits per heavy atom. The van der Waals surface area contributed by atoms with E-state index in [2.05, 4.69) is 52.4 Å². The number of nitrogens with one attached hydrogen (secondary N) is 1. The van der Waals surface area contributed by atoms with E-state index in [9.17, 15) is 4.79 Å². The third-order valence-electron chi connectivity index (χ3n) is 4.13. The lowest BCUT2D eigenvalue weighted by molar-refractivity contribution is -0.117. The first kappa shape index (κ1) is 20.8. The normalized spacial score (nSPS) is 10.5. The van der Waals surface area contributed by atoms with Crippen LogP contribution in [-0.4, -0.2) is 43.7 Å². The lowest BCUT2D eigenvalue weighted by Gasteiger charge is -2.21. The second kappa shape index (κ2) is 10.6. The van der Waals surface area contributed by atoms with Crippen LogP contribution in [0.25, 0.3) is 0 Å². The molecule has 0 radical (unpaired) electrons. The highest BCUT2D eigenvalue weighted by atomic mass is 32.2. The van der Waals surface area contributed by atoms with Crippen molar-refractivity contribution in [3.63, 3.8) is 0 Å². The van der Waals surface area contributed by atoms with Crippen molar-refractivity contribution in [2.45, 2.75) is 18.4 Å². The monoisotopic (exact) mass is 382 g/mol. The molecular weight excluding hydrogens is 356 g/mol. The number of hydrogen-bond donors (Lipinski definition) is 1. The maximum atomic E-state index is 12.5. The molecule has 2 rings (SSSR count). The summed E-state index contributed by atoms with van der Waals surface area (Å²) < 4.78 is 0. The van der Waals surface area contributed by atoms with E-state index in [4.69, 9.17) is 5.26 Å². The number of anilines is 2. The fourth-order valence-electron chi connectivity index (χ4n) is 2.64. The first-order valence-electron chi connectivity index (χ1n) is 8.90. The van der Waals surface area contributed by atoms with Crippen molar-refractivity contribution in [3.8, 4) is 6.07 Å². The Labute approximate surface area is 166 Å². The molecule has 0 aliphatic carbocycles. The lowest BCUT2D eigenvalue weighted by Crippen LogP contribution is -2.32. The van der Waals surface area contributed by atoms with Gasteiger partial charge >= 0.3 is 0 Å². The summed E-state index contributed by atoms with van der Waals surface area (Å²) in [5, 5.41) is 11.7. The summed E-state index contributed by atoms with van der Waals surface area (Å²) in [7, 11) is 4.04. The first-order valence-corrected chi connectivity index (χ1v) is 9.89. The van der Waals surface area contributed by atoms with Gasteiger partial charge in [-0.05, 0) is 36.4 Å².